The van der Waals surface area contributed by atoms with E-state index in [0.29, 0.717) is 6.42 Å². The van der Waals surface area contributed by atoms with E-state index in [1.54, 1.807) is 0 Å². The normalized spacial score (nSPS) is 17.6. The topological polar surface area (TPSA) is 32.8 Å². The highest BCUT2D eigenvalue weighted by Crippen LogP contribution is 2.02. The maximum Gasteiger partial charge on any atom is 0.306 e. The molecule has 0 saturated carbocycles. The van der Waals surface area contributed by atoms with Crippen molar-refractivity contribution in [3.63, 3.8) is 0 Å². The Labute approximate surface area is 97.5 Å². The Morgan fingerprint density at radius 2 is 1.88 bits per heavy atom. The standard InChI is InChI=1S/C12H20N2O2/c1-3-4-6-13-8-10-14(11-9-13)7-5-12(15)16-2/h5-11H2,1-2H3. The molecule has 90 valence electrons. The first-order valence-electron chi connectivity index (χ1n) is 5.67. The van der Waals surface area contributed by atoms with Gasteiger partial charge in [0, 0.05) is 32.7 Å². The predicted octanol–water partition coefficient (Wildman–Crippen LogP) is 0.190. The van der Waals surface area contributed by atoms with E-state index in [2.05, 4.69) is 26.4 Å². The predicted molar refractivity (Wildman–Crippen MR) is 63.0 cm³/mol. The van der Waals surface area contributed by atoms with E-state index in [0.717, 1.165) is 39.3 Å². The summed E-state index contributed by atoms with van der Waals surface area (Å²) in [6, 6.07) is 0. The minimum atomic E-state index is -0.126. The first-order chi connectivity index (χ1) is 7.76. The van der Waals surface area contributed by atoms with Gasteiger partial charge in [-0.15, -0.1) is 5.92 Å². The quantitative estimate of drug-likeness (QED) is 0.504. The van der Waals surface area contributed by atoms with Crippen molar-refractivity contribution < 1.29 is 9.53 Å². The minimum Gasteiger partial charge on any atom is -0.469 e. The Hall–Kier alpha value is -1.05. The number of esters is 1. The molecule has 1 saturated heterocycles. The fraction of sp³-hybridized carbons (Fsp3) is 0.750. The Kier molecular flexibility index (Phi) is 5.91. The van der Waals surface area contributed by atoms with Crippen LogP contribution in [-0.4, -0.2) is 62.1 Å². The molecule has 0 aliphatic carbocycles. The highest BCUT2D eigenvalue weighted by Gasteiger charge is 2.16. The van der Waals surface area contributed by atoms with Gasteiger partial charge in [-0.05, 0) is 6.92 Å². The molecule has 0 aromatic carbocycles. The van der Waals surface area contributed by atoms with Gasteiger partial charge in [0.2, 0.25) is 0 Å². The van der Waals surface area contributed by atoms with Crippen LogP contribution in [0.2, 0.25) is 0 Å². The molecule has 4 heteroatoms. The maximum absolute atomic E-state index is 11.0. The highest BCUT2D eigenvalue weighted by molar-refractivity contribution is 5.69. The second kappa shape index (κ2) is 7.26. The van der Waals surface area contributed by atoms with Crippen LogP contribution in [0.15, 0.2) is 0 Å². The van der Waals surface area contributed by atoms with E-state index in [1.165, 1.54) is 7.11 Å². The summed E-state index contributed by atoms with van der Waals surface area (Å²) in [5, 5.41) is 0. The number of carbonyl (C=O) groups is 1. The summed E-state index contributed by atoms with van der Waals surface area (Å²) in [5.41, 5.74) is 0. The van der Waals surface area contributed by atoms with Crippen LogP contribution in [0.4, 0.5) is 0 Å². The lowest BCUT2D eigenvalue weighted by Gasteiger charge is -2.33. The Morgan fingerprint density at radius 3 is 2.44 bits per heavy atom. The second-order valence-corrected chi connectivity index (χ2v) is 3.87. The van der Waals surface area contributed by atoms with Crippen LogP contribution in [0.25, 0.3) is 0 Å². The average molecular weight is 224 g/mol. The van der Waals surface area contributed by atoms with E-state index in [-0.39, 0.29) is 5.97 Å². The van der Waals surface area contributed by atoms with Crippen molar-refractivity contribution >= 4 is 5.97 Å². The van der Waals surface area contributed by atoms with Gasteiger partial charge in [-0.25, -0.2) is 0 Å². The van der Waals surface area contributed by atoms with Gasteiger partial charge in [0.1, 0.15) is 0 Å². The molecule has 1 aliphatic heterocycles. The molecule has 1 rings (SSSR count). The van der Waals surface area contributed by atoms with Crippen LogP contribution in [0.5, 0.6) is 0 Å². The molecule has 0 spiro atoms. The molecule has 0 amide bonds. The Balaban J connectivity index is 2.16. The first-order valence-corrected chi connectivity index (χ1v) is 5.67. The molecule has 16 heavy (non-hydrogen) atoms. The largest absolute Gasteiger partial charge is 0.469 e. The molecule has 1 fully saturated rings. The number of rotatable bonds is 4. The van der Waals surface area contributed by atoms with Crippen molar-refractivity contribution in [1.82, 2.24) is 9.80 Å². The zero-order valence-electron chi connectivity index (χ0n) is 10.2. The van der Waals surface area contributed by atoms with Crippen molar-refractivity contribution in [2.75, 3.05) is 46.4 Å². The number of nitrogens with zero attached hydrogens (tertiary/aromatic N) is 2. The van der Waals surface area contributed by atoms with Crippen molar-refractivity contribution in [3.05, 3.63) is 0 Å². The molecule has 0 bridgehead atoms. The van der Waals surface area contributed by atoms with Crippen molar-refractivity contribution in [3.8, 4) is 11.8 Å². The van der Waals surface area contributed by atoms with Crippen LogP contribution in [0, 0.1) is 11.8 Å². The van der Waals surface area contributed by atoms with Gasteiger partial charge >= 0.3 is 5.97 Å². The maximum atomic E-state index is 11.0. The van der Waals surface area contributed by atoms with Crippen LogP contribution >= 0.6 is 0 Å². The average Bonchev–Trinajstić information content (AvgIpc) is 2.34. The summed E-state index contributed by atoms with van der Waals surface area (Å²) in [4.78, 5) is 15.6. The van der Waals surface area contributed by atoms with Gasteiger partial charge in [-0.2, -0.15) is 0 Å². The molecule has 0 radical (unpaired) electrons. The highest BCUT2D eigenvalue weighted by atomic mass is 16.5. The summed E-state index contributed by atoms with van der Waals surface area (Å²) in [6.45, 7) is 7.64. The summed E-state index contributed by atoms with van der Waals surface area (Å²) in [5.74, 6) is 5.86. The number of hydrogen-bond acceptors (Lipinski definition) is 4. The fourth-order valence-electron chi connectivity index (χ4n) is 1.71. The van der Waals surface area contributed by atoms with Gasteiger partial charge in [-0.3, -0.25) is 9.69 Å². The zero-order valence-corrected chi connectivity index (χ0v) is 10.2. The molecule has 0 unspecified atom stereocenters. The molecule has 0 atom stereocenters. The second-order valence-electron chi connectivity index (χ2n) is 3.87. The smallest absolute Gasteiger partial charge is 0.306 e. The molecule has 0 aromatic heterocycles. The number of hydrogen-bond donors (Lipinski definition) is 0. The van der Waals surface area contributed by atoms with Crippen molar-refractivity contribution in [2.45, 2.75) is 13.3 Å². The van der Waals surface area contributed by atoms with E-state index in [4.69, 9.17) is 0 Å². The number of carbonyl (C=O) groups excluding carboxylic acids is 1. The van der Waals surface area contributed by atoms with Crippen LogP contribution in [0.1, 0.15) is 13.3 Å². The lowest BCUT2D eigenvalue weighted by atomic mass is 10.3. The van der Waals surface area contributed by atoms with Gasteiger partial charge < -0.3 is 9.64 Å². The molecule has 1 heterocycles. The fourth-order valence-corrected chi connectivity index (χ4v) is 1.71. The SMILES string of the molecule is CC#CCN1CCN(CCC(=O)OC)CC1. The molecule has 1 aliphatic rings. The third-order valence-electron chi connectivity index (χ3n) is 2.80. The van der Waals surface area contributed by atoms with Crippen molar-refractivity contribution in [1.29, 1.82) is 0 Å². The van der Waals surface area contributed by atoms with E-state index in [1.807, 2.05) is 6.92 Å². The lowest BCUT2D eigenvalue weighted by molar-refractivity contribution is -0.141. The van der Waals surface area contributed by atoms with Gasteiger partial charge in [0.15, 0.2) is 0 Å². The third kappa shape index (κ3) is 4.65. The number of piperazine rings is 1. The summed E-state index contributed by atoms with van der Waals surface area (Å²) >= 11 is 0. The molecule has 0 aromatic rings. The van der Waals surface area contributed by atoms with Gasteiger partial charge in [0.25, 0.3) is 0 Å². The molecular weight excluding hydrogens is 204 g/mol. The third-order valence-corrected chi connectivity index (χ3v) is 2.80. The molecule has 4 nitrogen and oxygen atoms in total. The Bertz CT molecular complexity index is 272. The Morgan fingerprint density at radius 1 is 1.25 bits per heavy atom. The molecular formula is C12H20N2O2. The van der Waals surface area contributed by atoms with E-state index in [9.17, 15) is 4.79 Å². The van der Waals surface area contributed by atoms with Crippen molar-refractivity contribution in [2.24, 2.45) is 0 Å². The molecule has 0 N–H and O–H groups in total. The minimum absolute atomic E-state index is 0.126. The summed E-state index contributed by atoms with van der Waals surface area (Å²) in [7, 11) is 1.43. The first kappa shape index (κ1) is 13.0. The van der Waals surface area contributed by atoms with Gasteiger partial charge in [0.05, 0.1) is 20.1 Å². The van der Waals surface area contributed by atoms with Gasteiger partial charge in [-0.1, -0.05) is 5.92 Å². The van der Waals surface area contributed by atoms with Crippen LogP contribution in [0.3, 0.4) is 0 Å². The van der Waals surface area contributed by atoms with Crippen LogP contribution < -0.4 is 0 Å². The number of methoxy groups -OCH3 is 1. The monoisotopic (exact) mass is 224 g/mol. The van der Waals surface area contributed by atoms with E-state index < -0.39 is 0 Å². The zero-order chi connectivity index (χ0) is 11.8. The van der Waals surface area contributed by atoms with E-state index >= 15 is 0 Å². The summed E-state index contributed by atoms with van der Waals surface area (Å²) < 4.78 is 4.62. The summed E-state index contributed by atoms with van der Waals surface area (Å²) in [6.07, 6.45) is 0.491. The lowest BCUT2D eigenvalue weighted by Crippen LogP contribution is -2.46. The van der Waals surface area contributed by atoms with Crippen LogP contribution in [-0.2, 0) is 9.53 Å². The number of ether oxygens (including phenoxy) is 1.